The molecule has 0 fully saturated rings. The summed E-state index contributed by atoms with van der Waals surface area (Å²) in [6, 6.07) is -0.626. The number of allylic oxidation sites excluding steroid dienone is 5. The summed E-state index contributed by atoms with van der Waals surface area (Å²) in [5.74, 6) is -0.0376. The van der Waals surface area contributed by atoms with Gasteiger partial charge in [0.1, 0.15) is 0 Å². The zero-order chi connectivity index (χ0) is 64.2. The third-order valence-electron chi connectivity index (χ3n) is 19.2. The lowest BCUT2D eigenvalue weighted by molar-refractivity contribution is -0.143. The summed E-state index contributed by atoms with van der Waals surface area (Å²) in [4.78, 5) is 24.6. The van der Waals surface area contributed by atoms with Crippen LogP contribution in [-0.2, 0) is 14.3 Å². The highest BCUT2D eigenvalue weighted by Crippen LogP contribution is 2.20. The molecule has 0 spiro atoms. The molecule has 6 heteroatoms. The number of aliphatic hydroxyl groups is 2. The Morgan fingerprint density at radius 3 is 0.854 bits per heavy atom. The minimum Gasteiger partial charge on any atom is -0.466 e. The lowest BCUT2D eigenvalue weighted by Crippen LogP contribution is -2.45. The SMILES string of the molecule is CCCCCCCCCCCCCCCCCCC/C=C/C(O)C(CO)NC(=O)CCCCCCCCCCCCCCCCCCC/C=C\C/C=C\CCCCCCCCCCCCCCCCCOC(=O)CCCCCCCCCCCCCCCC. The average Bonchev–Trinajstić information content (AvgIpc) is 3.62. The maximum absolute atomic E-state index is 12.5. The van der Waals surface area contributed by atoms with Crippen molar-refractivity contribution in [2.24, 2.45) is 0 Å². The van der Waals surface area contributed by atoms with Gasteiger partial charge in [-0.2, -0.15) is 0 Å². The minimum absolute atomic E-state index is 0.0232. The second kappa shape index (κ2) is 78.5. The highest BCUT2D eigenvalue weighted by atomic mass is 16.5. The van der Waals surface area contributed by atoms with Gasteiger partial charge in [0.05, 0.1) is 25.4 Å². The lowest BCUT2D eigenvalue weighted by atomic mass is 10.0. The molecule has 1 amide bonds. The van der Waals surface area contributed by atoms with Crippen molar-refractivity contribution in [3.8, 4) is 0 Å². The Bertz CT molecular complexity index is 1440. The number of rotatable bonds is 77. The summed E-state index contributed by atoms with van der Waals surface area (Å²) in [5.41, 5.74) is 0. The maximum atomic E-state index is 12.5. The molecule has 0 rings (SSSR count). The molecule has 0 radical (unpaired) electrons. The van der Waals surface area contributed by atoms with Crippen molar-refractivity contribution in [2.45, 2.75) is 469 Å². The van der Waals surface area contributed by atoms with Gasteiger partial charge in [0.15, 0.2) is 0 Å². The number of hydrogen-bond acceptors (Lipinski definition) is 5. The summed E-state index contributed by atoms with van der Waals surface area (Å²) in [7, 11) is 0. The molecule has 0 heterocycles. The minimum atomic E-state index is -0.843. The fourth-order valence-corrected chi connectivity index (χ4v) is 13.0. The number of aliphatic hydroxyl groups excluding tert-OH is 2. The average molecular weight is 1250 g/mol. The van der Waals surface area contributed by atoms with E-state index in [-0.39, 0.29) is 18.5 Å². The van der Waals surface area contributed by atoms with E-state index in [1.807, 2.05) is 6.08 Å². The molecule has 0 aromatic rings. The zero-order valence-corrected chi connectivity index (χ0v) is 60.4. The van der Waals surface area contributed by atoms with Crippen LogP contribution in [0.2, 0.25) is 0 Å². The zero-order valence-electron chi connectivity index (χ0n) is 60.4. The first kappa shape index (κ1) is 87.1. The number of carbonyl (C=O) groups is 2. The van der Waals surface area contributed by atoms with Crippen LogP contribution < -0.4 is 5.32 Å². The van der Waals surface area contributed by atoms with E-state index in [0.717, 1.165) is 44.9 Å². The second-order valence-electron chi connectivity index (χ2n) is 28.1. The highest BCUT2D eigenvalue weighted by Gasteiger charge is 2.18. The largest absolute Gasteiger partial charge is 0.466 e. The van der Waals surface area contributed by atoms with Crippen LogP contribution in [0.25, 0.3) is 0 Å². The van der Waals surface area contributed by atoms with Gasteiger partial charge in [-0.25, -0.2) is 0 Å². The Hall–Kier alpha value is -1.92. The smallest absolute Gasteiger partial charge is 0.305 e. The van der Waals surface area contributed by atoms with Crippen LogP contribution >= 0.6 is 0 Å². The molecule has 0 saturated heterocycles. The Kier molecular flexibility index (Phi) is 76.8. The molecule has 2 atom stereocenters. The number of unbranched alkanes of at least 4 members (excludes halogenated alkanes) is 62. The Morgan fingerprint density at radius 2 is 0.562 bits per heavy atom. The van der Waals surface area contributed by atoms with E-state index in [0.29, 0.717) is 19.4 Å². The van der Waals surface area contributed by atoms with E-state index in [1.165, 1.54) is 385 Å². The maximum Gasteiger partial charge on any atom is 0.305 e. The molecule has 6 nitrogen and oxygen atoms in total. The molecule has 2 unspecified atom stereocenters. The van der Waals surface area contributed by atoms with Crippen LogP contribution in [0.3, 0.4) is 0 Å². The first-order valence-corrected chi connectivity index (χ1v) is 40.8. The quantitative estimate of drug-likeness (QED) is 0.0320. The van der Waals surface area contributed by atoms with E-state index in [2.05, 4.69) is 43.5 Å². The number of nitrogens with one attached hydrogen (secondary N) is 1. The van der Waals surface area contributed by atoms with Crippen molar-refractivity contribution in [2.75, 3.05) is 13.2 Å². The van der Waals surface area contributed by atoms with Crippen molar-refractivity contribution < 1.29 is 24.5 Å². The topological polar surface area (TPSA) is 95.9 Å². The van der Waals surface area contributed by atoms with Crippen molar-refractivity contribution in [1.82, 2.24) is 5.32 Å². The van der Waals surface area contributed by atoms with Crippen molar-refractivity contribution >= 4 is 11.9 Å². The van der Waals surface area contributed by atoms with Gasteiger partial charge >= 0.3 is 5.97 Å². The number of ether oxygens (including phenoxy) is 1. The predicted molar refractivity (Wildman–Crippen MR) is 393 cm³/mol. The second-order valence-corrected chi connectivity index (χ2v) is 28.1. The molecular formula is C83H159NO5. The molecule has 0 aliphatic carbocycles. The molecule has 526 valence electrons. The van der Waals surface area contributed by atoms with Gasteiger partial charge in [-0.3, -0.25) is 9.59 Å². The normalized spacial score (nSPS) is 12.6. The van der Waals surface area contributed by atoms with Crippen LogP contribution in [0, 0.1) is 0 Å². The standard InChI is InChI=1S/C83H159NO5/c1-3-5-7-9-11-13-15-17-19-20-42-45-48-51-55-59-63-67-71-75-81(86)80(79-85)84-82(87)76-72-68-64-60-56-52-49-46-43-40-38-36-34-32-30-28-26-24-22-21-23-25-27-29-31-33-35-37-39-41-44-47-50-54-58-62-66-70-74-78-89-83(88)77-73-69-65-61-57-53-18-16-14-12-10-8-6-4-2/h21-22,25,27,71,75,80-81,85-86H,3-20,23-24,26,28-70,72-74,76-79H2,1-2H3,(H,84,87)/b22-21-,27-25-,75-71+. The molecule has 0 aliphatic heterocycles. The Labute approximate surface area is 557 Å². The third-order valence-corrected chi connectivity index (χ3v) is 19.2. The van der Waals surface area contributed by atoms with Gasteiger partial charge < -0.3 is 20.3 Å². The number of carbonyl (C=O) groups excluding carboxylic acids is 2. The van der Waals surface area contributed by atoms with Gasteiger partial charge in [-0.05, 0) is 64.2 Å². The van der Waals surface area contributed by atoms with Gasteiger partial charge in [-0.15, -0.1) is 0 Å². The van der Waals surface area contributed by atoms with Crippen LogP contribution in [0.1, 0.15) is 457 Å². The fraction of sp³-hybridized carbons (Fsp3) is 0.904. The van der Waals surface area contributed by atoms with E-state index in [9.17, 15) is 19.8 Å². The van der Waals surface area contributed by atoms with Gasteiger partial charge in [0.2, 0.25) is 5.91 Å². The first-order valence-electron chi connectivity index (χ1n) is 40.8. The molecule has 89 heavy (non-hydrogen) atoms. The van der Waals surface area contributed by atoms with Crippen molar-refractivity contribution in [1.29, 1.82) is 0 Å². The summed E-state index contributed by atoms with van der Waals surface area (Å²) in [6.07, 6.45) is 103. The van der Waals surface area contributed by atoms with Crippen LogP contribution in [0.15, 0.2) is 36.5 Å². The Morgan fingerprint density at radius 1 is 0.315 bits per heavy atom. The number of amides is 1. The molecule has 0 aliphatic rings. The fourth-order valence-electron chi connectivity index (χ4n) is 13.0. The van der Waals surface area contributed by atoms with Gasteiger partial charge in [0.25, 0.3) is 0 Å². The summed E-state index contributed by atoms with van der Waals surface area (Å²) < 4.78 is 5.50. The summed E-state index contributed by atoms with van der Waals surface area (Å²) in [5, 5.41) is 23.3. The molecule has 0 aromatic carbocycles. The molecule has 0 bridgehead atoms. The number of hydrogen-bond donors (Lipinski definition) is 3. The highest BCUT2D eigenvalue weighted by molar-refractivity contribution is 5.76. The lowest BCUT2D eigenvalue weighted by Gasteiger charge is -2.20. The van der Waals surface area contributed by atoms with Gasteiger partial charge in [0, 0.05) is 12.8 Å². The summed E-state index contributed by atoms with van der Waals surface area (Å²) >= 11 is 0. The van der Waals surface area contributed by atoms with E-state index in [4.69, 9.17) is 4.74 Å². The molecule has 3 N–H and O–H groups in total. The van der Waals surface area contributed by atoms with Crippen LogP contribution in [0.5, 0.6) is 0 Å². The van der Waals surface area contributed by atoms with E-state index in [1.54, 1.807) is 6.08 Å². The van der Waals surface area contributed by atoms with Gasteiger partial charge in [-0.1, -0.05) is 416 Å². The predicted octanol–water partition coefficient (Wildman–Crippen LogP) is 27.0. The third kappa shape index (κ3) is 75.0. The molecule has 0 aromatic heterocycles. The monoisotopic (exact) mass is 1250 g/mol. The van der Waals surface area contributed by atoms with Crippen LogP contribution in [-0.4, -0.2) is 47.4 Å². The van der Waals surface area contributed by atoms with Crippen molar-refractivity contribution in [3.05, 3.63) is 36.5 Å². The Balaban J connectivity index is 3.36. The number of esters is 1. The molecule has 0 saturated carbocycles. The van der Waals surface area contributed by atoms with Crippen LogP contribution in [0.4, 0.5) is 0 Å². The van der Waals surface area contributed by atoms with E-state index >= 15 is 0 Å². The van der Waals surface area contributed by atoms with E-state index < -0.39 is 12.1 Å². The molecular weight excluding hydrogens is 1090 g/mol. The van der Waals surface area contributed by atoms with Crippen molar-refractivity contribution in [3.63, 3.8) is 0 Å². The summed E-state index contributed by atoms with van der Waals surface area (Å²) in [6.45, 7) is 4.96. The first-order chi connectivity index (χ1) is 44.0.